The molecule has 0 bridgehead atoms. The maximum Gasteiger partial charge on any atom is 0.212 e. The Balaban J connectivity index is 1.69. The van der Waals surface area contributed by atoms with Crippen LogP contribution in [0.25, 0.3) is 0 Å². The van der Waals surface area contributed by atoms with E-state index in [2.05, 4.69) is 20.7 Å². The number of tetrazole rings is 1. The van der Waals surface area contributed by atoms with Crippen molar-refractivity contribution in [1.82, 2.24) is 25.5 Å². The molecule has 0 unspecified atom stereocenters. The lowest BCUT2D eigenvalue weighted by molar-refractivity contribution is 0.289. The third-order valence-corrected chi connectivity index (χ3v) is 3.34. The molecular formula is C14H19N5O2. The fourth-order valence-electron chi connectivity index (χ4n) is 2.01. The van der Waals surface area contributed by atoms with Gasteiger partial charge >= 0.3 is 0 Å². The highest BCUT2D eigenvalue weighted by Crippen LogP contribution is 2.27. The van der Waals surface area contributed by atoms with Gasteiger partial charge in [-0.15, -0.1) is 10.2 Å². The largest absolute Gasteiger partial charge is 0.497 e. The summed E-state index contributed by atoms with van der Waals surface area (Å²) in [5.74, 6) is 2.11. The van der Waals surface area contributed by atoms with E-state index in [0.717, 1.165) is 23.6 Å². The van der Waals surface area contributed by atoms with Crippen molar-refractivity contribution in [2.45, 2.75) is 32.0 Å². The summed E-state index contributed by atoms with van der Waals surface area (Å²) in [6.07, 6.45) is 2.52. The monoisotopic (exact) mass is 289 g/mol. The van der Waals surface area contributed by atoms with E-state index in [4.69, 9.17) is 9.47 Å². The minimum Gasteiger partial charge on any atom is -0.497 e. The molecule has 3 rings (SSSR count). The van der Waals surface area contributed by atoms with E-state index in [1.807, 2.05) is 18.2 Å². The third kappa shape index (κ3) is 3.69. The van der Waals surface area contributed by atoms with Crippen molar-refractivity contribution < 1.29 is 9.47 Å². The Hall–Kier alpha value is -2.15. The number of aromatic nitrogens is 4. The lowest BCUT2D eigenvalue weighted by atomic mass is 10.2. The molecule has 0 atom stereocenters. The SMILES string of the molecule is COc1ccc(CNC2CC2)c(OCc2nnn(C)n2)c1. The predicted octanol–water partition coefficient (Wildman–Crippen LogP) is 1.05. The van der Waals surface area contributed by atoms with Gasteiger partial charge in [0.25, 0.3) is 0 Å². The van der Waals surface area contributed by atoms with Gasteiger partial charge in [-0.2, -0.15) is 4.80 Å². The van der Waals surface area contributed by atoms with Gasteiger partial charge in [0, 0.05) is 24.2 Å². The summed E-state index contributed by atoms with van der Waals surface area (Å²) in [5.41, 5.74) is 1.10. The number of rotatable bonds is 7. The van der Waals surface area contributed by atoms with Gasteiger partial charge in [-0.05, 0) is 24.1 Å². The quantitative estimate of drug-likeness (QED) is 0.821. The van der Waals surface area contributed by atoms with E-state index in [9.17, 15) is 0 Å². The standard InChI is InChI=1S/C14H19N5O2/c1-19-17-14(16-18-19)9-21-13-7-12(20-2)6-3-10(13)8-15-11-4-5-11/h3,6-7,11,15H,4-5,8-9H2,1-2H3. The van der Waals surface area contributed by atoms with Crippen molar-refractivity contribution in [3.8, 4) is 11.5 Å². The Labute approximate surface area is 123 Å². The van der Waals surface area contributed by atoms with Gasteiger partial charge in [0.15, 0.2) is 6.61 Å². The number of nitrogens with one attached hydrogen (secondary N) is 1. The van der Waals surface area contributed by atoms with Crippen LogP contribution in [-0.4, -0.2) is 33.4 Å². The minimum atomic E-state index is 0.289. The van der Waals surface area contributed by atoms with Crippen LogP contribution in [0.1, 0.15) is 24.2 Å². The number of aryl methyl sites for hydroxylation is 1. The summed E-state index contributed by atoms with van der Waals surface area (Å²) >= 11 is 0. The summed E-state index contributed by atoms with van der Waals surface area (Å²) in [6.45, 7) is 1.08. The van der Waals surface area contributed by atoms with Crippen LogP contribution in [0.3, 0.4) is 0 Å². The van der Waals surface area contributed by atoms with Crippen LogP contribution in [0.15, 0.2) is 18.2 Å². The molecule has 0 saturated heterocycles. The number of methoxy groups -OCH3 is 1. The molecule has 1 fully saturated rings. The molecular weight excluding hydrogens is 270 g/mol. The predicted molar refractivity (Wildman–Crippen MR) is 76.0 cm³/mol. The molecule has 1 aliphatic rings. The first-order valence-corrected chi connectivity index (χ1v) is 7.00. The molecule has 7 heteroatoms. The third-order valence-electron chi connectivity index (χ3n) is 3.34. The van der Waals surface area contributed by atoms with Gasteiger partial charge in [-0.1, -0.05) is 6.07 Å². The molecule has 112 valence electrons. The zero-order valence-electron chi connectivity index (χ0n) is 12.2. The van der Waals surface area contributed by atoms with Crippen LogP contribution >= 0.6 is 0 Å². The van der Waals surface area contributed by atoms with E-state index >= 15 is 0 Å². The molecule has 1 aliphatic carbocycles. The smallest absolute Gasteiger partial charge is 0.212 e. The summed E-state index contributed by atoms with van der Waals surface area (Å²) in [4.78, 5) is 1.42. The van der Waals surface area contributed by atoms with E-state index in [0.29, 0.717) is 11.9 Å². The van der Waals surface area contributed by atoms with Crippen LogP contribution in [0.5, 0.6) is 11.5 Å². The number of hydrogen-bond acceptors (Lipinski definition) is 6. The molecule has 2 aromatic rings. The summed E-state index contributed by atoms with van der Waals surface area (Å²) < 4.78 is 11.1. The molecule has 0 amide bonds. The first-order chi connectivity index (χ1) is 10.2. The Kier molecular flexibility index (Phi) is 4.01. The summed E-state index contributed by atoms with van der Waals surface area (Å²) in [5, 5.41) is 15.3. The van der Waals surface area contributed by atoms with E-state index in [-0.39, 0.29) is 6.61 Å². The molecule has 7 nitrogen and oxygen atoms in total. The highest BCUT2D eigenvalue weighted by molar-refractivity contribution is 5.40. The van der Waals surface area contributed by atoms with Gasteiger partial charge < -0.3 is 14.8 Å². The lowest BCUT2D eigenvalue weighted by Gasteiger charge is -2.12. The van der Waals surface area contributed by atoms with E-state index in [1.54, 1.807) is 14.2 Å². The topological polar surface area (TPSA) is 74.1 Å². The lowest BCUT2D eigenvalue weighted by Crippen LogP contribution is -2.16. The maximum atomic E-state index is 5.83. The van der Waals surface area contributed by atoms with Crippen molar-refractivity contribution in [1.29, 1.82) is 0 Å². The van der Waals surface area contributed by atoms with Crippen molar-refractivity contribution in [3.63, 3.8) is 0 Å². The molecule has 1 N–H and O–H groups in total. The number of ether oxygens (including phenoxy) is 2. The van der Waals surface area contributed by atoms with Crippen molar-refractivity contribution in [3.05, 3.63) is 29.6 Å². The first-order valence-electron chi connectivity index (χ1n) is 7.00. The molecule has 0 spiro atoms. The van der Waals surface area contributed by atoms with Crippen LogP contribution in [0.4, 0.5) is 0 Å². The molecule has 0 aliphatic heterocycles. The first kappa shape index (κ1) is 13.8. The Bertz CT molecular complexity index is 609. The highest BCUT2D eigenvalue weighted by atomic mass is 16.5. The van der Waals surface area contributed by atoms with Gasteiger partial charge in [-0.25, -0.2) is 0 Å². The van der Waals surface area contributed by atoms with Gasteiger partial charge in [0.05, 0.1) is 14.2 Å². The van der Waals surface area contributed by atoms with Crippen LogP contribution < -0.4 is 14.8 Å². The average Bonchev–Trinajstić information content (AvgIpc) is 3.24. The minimum absolute atomic E-state index is 0.289. The number of benzene rings is 1. The highest BCUT2D eigenvalue weighted by Gasteiger charge is 2.20. The Morgan fingerprint density at radius 1 is 1.38 bits per heavy atom. The normalized spacial score (nSPS) is 14.2. The zero-order chi connectivity index (χ0) is 14.7. The second-order valence-electron chi connectivity index (χ2n) is 5.11. The fraction of sp³-hybridized carbons (Fsp3) is 0.500. The molecule has 0 radical (unpaired) electrons. The summed E-state index contributed by atoms with van der Waals surface area (Å²) in [7, 11) is 3.37. The molecule has 1 heterocycles. The molecule has 1 aromatic heterocycles. The average molecular weight is 289 g/mol. The van der Waals surface area contributed by atoms with E-state index < -0.39 is 0 Å². The van der Waals surface area contributed by atoms with Gasteiger partial charge in [0.2, 0.25) is 5.82 Å². The second-order valence-corrected chi connectivity index (χ2v) is 5.11. The molecule has 21 heavy (non-hydrogen) atoms. The van der Waals surface area contributed by atoms with Gasteiger partial charge in [0.1, 0.15) is 11.5 Å². The number of nitrogens with zero attached hydrogens (tertiary/aromatic N) is 4. The van der Waals surface area contributed by atoms with Crippen molar-refractivity contribution in [2.24, 2.45) is 7.05 Å². The van der Waals surface area contributed by atoms with E-state index in [1.165, 1.54) is 17.6 Å². The van der Waals surface area contributed by atoms with Crippen molar-refractivity contribution in [2.75, 3.05) is 7.11 Å². The van der Waals surface area contributed by atoms with Crippen LogP contribution in [0, 0.1) is 0 Å². The van der Waals surface area contributed by atoms with Gasteiger partial charge in [-0.3, -0.25) is 0 Å². The zero-order valence-corrected chi connectivity index (χ0v) is 12.2. The number of hydrogen-bond donors (Lipinski definition) is 1. The van der Waals surface area contributed by atoms with Crippen molar-refractivity contribution >= 4 is 0 Å². The fourth-order valence-corrected chi connectivity index (χ4v) is 2.01. The Morgan fingerprint density at radius 2 is 2.24 bits per heavy atom. The second kappa shape index (κ2) is 6.09. The van der Waals surface area contributed by atoms with Crippen LogP contribution in [-0.2, 0) is 20.2 Å². The molecule has 1 aromatic carbocycles. The Morgan fingerprint density at radius 3 is 2.90 bits per heavy atom. The summed E-state index contributed by atoms with van der Waals surface area (Å²) in [6, 6.07) is 6.51. The van der Waals surface area contributed by atoms with Crippen LogP contribution in [0.2, 0.25) is 0 Å². The molecule has 1 saturated carbocycles. The maximum absolute atomic E-state index is 5.83.